The van der Waals surface area contributed by atoms with Gasteiger partial charge in [-0.1, -0.05) is 110 Å². The van der Waals surface area contributed by atoms with Crippen molar-refractivity contribution in [2.45, 2.75) is 25.2 Å². The molecule has 2 heteroatoms. The molecule has 1 atom stereocenters. The summed E-state index contributed by atoms with van der Waals surface area (Å²) in [5.41, 5.74) is 18.8. The number of hydrogen-bond donors (Lipinski definition) is 1. The Kier molecular flexibility index (Phi) is 6.32. The number of fused-ring (bicyclic) bond motifs is 12. The average molecular weight is 641 g/mol. The van der Waals surface area contributed by atoms with E-state index >= 15 is 0 Å². The summed E-state index contributed by atoms with van der Waals surface area (Å²) < 4.78 is 2.33. The largest absolute Gasteiger partial charge is 0.356 e. The monoisotopic (exact) mass is 640 g/mol. The van der Waals surface area contributed by atoms with E-state index in [1.54, 1.807) is 0 Å². The Morgan fingerprint density at radius 3 is 2.24 bits per heavy atom. The minimum Gasteiger partial charge on any atom is -0.356 e. The molecule has 3 aliphatic rings. The first-order valence-electron chi connectivity index (χ1n) is 17.6. The summed E-state index contributed by atoms with van der Waals surface area (Å²) in [5.74, 6) is 0. The van der Waals surface area contributed by atoms with Crippen molar-refractivity contribution < 1.29 is 0 Å². The van der Waals surface area contributed by atoms with Gasteiger partial charge in [0, 0.05) is 27.8 Å². The molecule has 238 valence electrons. The Morgan fingerprint density at radius 1 is 0.660 bits per heavy atom. The van der Waals surface area contributed by atoms with Gasteiger partial charge in [-0.2, -0.15) is 0 Å². The van der Waals surface area contributed by atoms with E-state index < -0.39 is 0 Å². The van der Waals surface area contributed by atoms with E-state index in [9.17, 15) is 0 Å². The molecule has 1 aromatic heterocycles. The van der Waals surface area contributed by atoms with Crippen LogP contribution in [-0.2, 0) is 5.41 Å². The molecule has 0 amide bonds. The first-order valence-corrected chi connectivity index (χ1v) is 17.6. The second-order valence-electron chi connectivity index (χ2n) is 13.6. The summed E-state index contributed by atoms with van der Waals surface area (Å²) in [6.07, 6.45) is 11.0. The predicted octanol–water partition coefficient (Wildman–Crippen LogP) is 12.7. The van der Waals surface area contributed by atoms with Gasteiger partial charge in [0.1, 0.15) is 0 Å². The SMILES string of the molecule is C=C/C(=C\C)n1c2ccccc2c2cc(-c3ccc4c(c3)C3(C5=C(CCC=C5)c5ccccc53)c3cc(Nc5ccccc5)ccc3-4)ccc21. The van der Waals surface area contributed by atoms with Gasteiger partial charge in [0.05, 0.1) is 16.4 Å². The molecule has 6 aromatic carbocycles. The summed E-state index contributed by atoms with van der Waals surface area (Å²) in [4.78, 5) is 0. The maximum Gasteiger partial charge on any atom is 0.0723 e. The lowest BCUT2D eigenvalue weighted by Gasteiger charge is -2.32. The molecule has 7 aromatic rings. The van der Waals surface area contributed by atoms with E-state index in [-0.39, 0.29) is 5.41 Å². The Labute approximate surface area is 293 Å². The molecule has 2 nitrogen and oxygen atoms in total. The van der Waals surface area contributed by atoms with Gasteiger partial charge in [-0.15, -0.1) is 0 Å². The number of aromatic nitrogens is 1. The van der Waals surface area contributed by atoms with Crippen LogP contribution in [0, 0.1) is 0 Å². The molecule has 1 spiro atoms. The summed E-state index contributed by atoms with van der Waals surface area (Å²) >= 11 is 0. The van der Waals surface area contributed by atoms with Gasteiger partial charge in [-0.3, -0.25) is 0 Å². The first kappa shape index (κ1) is 28.9. The van der Waals surface area contributed by atoms with E-state index in [1.807, 2.05) is 6.08 Å². The molecule has 0 fully saturated rings. The van der Waals surface area contributed by atoms with Gasteiger partial charge >= 0.3 is 0 Å². The van der Waals surface area contributed by atoms with E-state index in [0.717, 1.165) is 29.9 Å². The van der Waals surface area contributed by atoms with Crippen molar-refractivity contribution in [3.05, 3.63) is 192 Å². The highest BCUT2D eigenvalue weighted by atomic mass is 15.0. The van der Waals surface area contributed by atoms with Gasteiger partial charge in [0.15, 0.2) is 0 Å². The zero-order valence-electron chi connectivity index (χ0n) is 28.1. The molecule has 0 radical (unpaired) electrons. The van der Waals surface area contributed by atoms with Crippen LogP contribution in [0.1, 0.15) is 42.0 Å². The van der Waals surface area contributed by atoms with Crippen LogP contribution < -0.4 is 5.32 Å². The molecular formula is C48H36N2. The molecule has 0 bridgehead atoms. The van der Waals surface area contributed by atoms with Crippen LogP contribution in [0.5, 0.6) is 0 Å². The summed E-state index contributed by atoms with van der Waals surface area (Å²) in [5, 5.41) is 6.21. The number of anilines is 2. The molecule has 0 saturated heterocycles. The number of rotatable bonds is 5. The van der Waals surface area contributed by atoms with Crippen LogP contribution in [0.25, 0.3) is 55.3 Å². The zero-order valence-corrected chi connectivity index (χ0v) is 28.1. The number of benzene rings is 6. The second kappa shape index (κ2) is 10.9. The summed E-state index contributed by atoms with van der Waals surface area (Å²) in [6.45, 7) is 6.20. The number of nitrogens with one attached hydrogen (secondary N) is 1. The van der Waals surface area contributed by atoms with Crippen molar-refractivity contribution in [2.75, 3.05) is 5.32 Å². The topological polar surface area (TPSA) is 17.0 Å². The van der Waals surface area contributed by atoms with E-state index in [0.29, 0.717) is 0 Å². The zero-order chi connectivity index (χ0) is 33.4. The van der Waals surface area contributed by atoms with Crippen LogP contribution in [-0.4, -0.2) is 4.57 Å². The molecule has 1 unspecified atom stereocenters. The summed E-state index contributed by atoms with van der Waals surface area (Å²) in [7, 11) is 0. The lowest BCUT2D eigenvalue weighted by Crippen LogP contribution is -2.27. The third kappa shape index (κ3) is 3.90. The van der Waals surface area contributed by atoms with Gasteiger partial charge < -0.3 is 9.88 Å². The van der Waals surface area contributed by atoms with Crippen LogP contribution in [0.15, 0.2) is 170 Å². The Morgan fingerprint density at radius 2 is 1.38 bits per heavy atom. The fraction of sp³-hybridized carbons (Fsp3) is 0.0833. The first-order chi connectivity index (χ1) is 24.7. The Balaban J connectivity index is 1.21. The third-order valence-corrected chi connectivity index (χ3v) is 11.2. The predicted molar refractivity (Wildman–Crippen MR) is 212 cm³/mol. The highest BCUT2D eigenvalue weighted by Crippen LogP contribution is 2.64. The van der Waals surface area contributed by atoms with Crippen LogP contribution in [0.2, 0.25) is 0 Å². The number of allylic oxidation sites excluding steroid dienone is 7. The molecule has 50 heavy (non-hydrogen) atoms. The van der Waals surface area contributed by atoms with Gasteiger partial charge in [-0.05, 0) is 130 Å². The van der Waals surface area contributed by atoms with Gasteiger partial charge in [0.25, 0.3) is 0 Å². The molecule has 10 rings (SSSR count). The van der Waals surface area contributed by atoms with Crippen molar-refractivity contribution in [3.63, 3.8) is 0 Å². The van der Waals surface area contributed by atoms with Crippen LogP contribution >= 0.6 is 0 Å². The fourth-order valence-corrected chi connectivity index (χ4v) is 9.13. The minimum absolute atomic E-state index is 0.386. The maximum atomic E-state index is 4.12. The highest BCUT2D eigenvalue weighted by molar-refractivity contribution is 6.11. The van der Waals surface area contributed by atoms with Crippen molar-refractivity contribution >= 4 is 44.5 Å². The Bertz CT molecular complexity index is 2650. The maximum absolute atomic E-state index is 4.12. The van der Waals surface area contributed by atoms with Crippen molar-refractivity contribution in [3.8, 4) is 22.3 Å². The quantitative estimate of drug-likeness (QED) is 0.185. The van der Waals surface area contributed by atoms with E-state index in [1.165, 1.54) is 77.5 Å². The average Bonchev–Trinajstić information content (AvgIpc) is 3.77. The molecule has 0 aliphatic heterocycles. The van der Waals surface area contributed by atoms with Crippen molar-refractivity contribution in [2.24, 2.45) is 0 Å². The lowest BCUT2D eigenvalue weighted by atomic mass is 9.68. The number of hydrogen-bond acceptors (Lipinski definition) is 1. The van der Waals surface area contributed by atoms with E-state index in [2.05, 4.69) is 175 Å². The van der Waals surface area contributed by atoms with E-state index in [4.69, 9.17) is 0 Å². The second-order valence-corrected chi connectivity index (χ2v) is 13.6. The highest BCUT2D eigenvalue weighted by Gasteiger charge is 2.52. The fourth-order valence-electron chi connectivity index (χ4n) is 9.13. The third-order valence-electron chi connectivity index (χ3n) is 11.2. The Hall–Kier alpha value is -6.12. The number of nitrogens with zero attached hydrogens (tertiary/aromatic N) is 1. The van der Waals surface area contributed by atoms with Gasteiger partial charge in [0.2, 0.25) is 0 Å². The minimum atomic E-state index is -0.386. The smallest absolute Gasteiger partial charge is 0.0723 e. The van der Waals surface area contributed by atoms with Crippen molar-refractivity contribution in [1.82, 2.24) is 4.57 Å². The standard InChI is InChI=1S/C48H36N2/c1-3-35(4-2)50-46-21-13-10-18-40(46)41-28-31(23-27-47(41)50)32-22-25-38-39-26-24-34(49-33-14-6-5-7-15-33)30-45(39)48(44(38)29-32)42-19-11-8-16-36(42)37-17-9-12-20-43(37)48/h3-8,10-16,18-30,49H,1,9,17H2,2H3/b35-4+. The van der Waals surface area contributed by atoms with Crippen molar-refractivity contribution in [1.29, 1.82) is 0 Å². The lowest BCUT2D eigenvalue weighted by molar-refractivity contribution is 0.781. The summed E-state index contributed by atoms with van der Waals surface area (Å²) in [6, 6.07) is 49.5. The number of para-hydroxylation sites is 2. The van der Waals surface area contributed by atoms with Gasteiger partial charge in [-0.25, -0.2) is 0 Å². The molecule has 3 aliphatic carbocycles. The normalized spacial score (nSPS) is 17.3. The molecular weight excluding hydrogens is 605 g/mol. The molecule has 1 heterocycles. The van der Waals surface area contributed by atoms with Crippen LogP contribution in [0.4, 0.5) is 11.4 Å². The van der Waals surface area contributed by atoms with Crippen LogP contribution in [0.3, 0.4) is 0 Å². The molecule has 1 N–H and O–H groups in total. The molecule has 0 saturated carbocycles.